The molecule has 0 saturated carbocycles. The van der Waals surface area contributed by atoms with Crippen LogP contribution >= 0.6 is 19.3 Å². The summed E-state index contributed by atoms with van der Waals surface area (Å²) in [7, 11) is -9.01. The van der Waals surface area contributed by atoms with Gasteiger partial charge in [-0.3, -0.25) is 9.52 Å². The number of hydrogen-bond acceptors (Lipinski definition) is 4. The van der Waals surface area contributed by atoms with Gasteiger partial charge in [-0.25, -0.2) is 17.3 Å². The number of rotatable bonds is 4. The van der Waals surface area contributed by atoms with E-state index in [4.69, 9.17) is 11.6 Å². The number of halogens is 1. The van der Waals surface area contributed by atoms with E-state index in [1.54, 1.807) is 30.3 Å². The number of fused-ring (bicyclic) bond motifs is 1. The van der Waals surface area contributed by atoms with Crippen molar-refractivity contribution in [3.8, 4) is 0 Å². The summed E-state index contributed by atoms with van der Waals surface area (Å²) in [6.45, 7) is 0. The molecular formula is C15H12ClN2O6PS. The van der Waals surface area contributed by atoms with E-state index in [2.05, 4.69) is 4.72 Å². The van der Waals surface area contributed by atoms with Crippen molar-refractivity contribution >= 4 is 46.0 Å². The largest absolute Gasteiger partial charge is 0.437 e. The van der Waals surface area contributed by atoms with Gasteiger partial charge in [-0.15, -0.1) is 0 Å². The summed E-state index contributed by atoms with van der Waals surface area (Å²) in [5, 5.41) is -0.153. The average molecular weight is 415 g/mol. The predicted molar refractivity (Wildman–Crippen MR) is 97.9 cm³/mol. The Morgan fingerprint density at radius 2 is 1.69 bits per heavy atom. The van der Waals surface area contributed by atoms with Gasteiger partial charge in [0.1, 0.15) is 4.90 Å². The number of anilines is 1. The molecule has 1 heterocycles. The van der Waals surface area contributed by atoms with E-state index < -0.39 is 23.3 Å². The number of hydrogen-bond donors (Lipinski definition) is 3. The Balaban J connectivity index is 2.21. The van der Waals surface area contributed by atoms with E-state index in [0.29, 0.717) is 5.69 Å². The minimum absolute atomic E-state index is 0.130. The Bertz CT molecular complexity index is 1200. The van der Waals surface area contributed by atoms with E-state index in [1.807, 2.05) is 0 Å². The van der Waals surface area contributed by atoms with Crippen LogP contribution in [-0.2, 0) is 14.6 Å². The first-order chi connectivity index (χ1) is 12.1. The molecule has 1 aromatic heterocycles. The molecule has 0 atom stereocenters. The topological polar surface area (TPSA) is 126 Å². The molecule has 26 heavy (non-hydrogen) atoms. The molecule has 0 aliphatic carbocycles. The van der Waals surface area contributed by atoms with Gasteiger partial charge in [0.2, 0.25) is 0 Å². The van der Waals surface area contributed by atoms with Gasteiger partial charge in [-0.1, -0.05) is 29.8 Å². The molecule has 0 radical (unpaired) electrons. The van der Waals surface area contributed by atoms with E-state index in [0.717, 1.165) is 18.2 Å². The first-order valence-corrected chi connectivity index (χ1v) is 10.5. The predicted octanol–water partition coefficient (Wildman–Crippen LogP) is 2.40. The Kier molecular flexibility index (Phi) is 4.68. The lowest BCUT2D eigenvalue weighted by molar-refractivity contribution is 0.361. The molecule has 8 nitrogen and oxygen atoms in total. The van der Waals surface area contributed by atoms with Crippen LogP contribution < -0.4 is 10.3 Å². The lowest BCUT2D eigenvalue weighted by Gasteiger charge is -2.14. The van der Waals surface area contributed by atoms with Crippen LogP contribution in [0.1, 0.15) is 0 Å². The number of benzene rings is 2. The van der Waals surface area contributed by atoms with Crippen LogP contribution in [0.5, 0.6) is 0 Å². The van der Waals surface area contributed by atoms with Crippen molar-refractivity contribution in [2.75, 3.05) is 4.72 Å². The van der Waals surface area contributed by atoms with E-state index >= 15 is 0 Å². The summed E-state index contributed by atoms with van der Waals surface area (Å²) >= 11 is 6.04. The Hall–Kier alpha value is -2.16. The molecule has 0 fully saturated rings. The van der Waals surface area contributed by atoms with Gasteiger partial charge in [0.15, 0.2) is 0 Å². The third-order valence-electron chi connectivity index (χ3n) is 3.50. The second-order valence-electron chi connectivity index (χ2n) is 5.31. The molecule has 0 aliphatic heterocycles. The lowest BCUT2D eigenvalue weighted by atomic mass is 10.2. The molecule has 0 spiro atoms. The van der Waals surface area contributed by atoms with Crippen LogP contribution in [0.15, 0.2) is 64.3 Å². The highest BCUT2D eigenvalue weighted by Crippen LogP contribution is 2.39. The summed E-state index contributed by atoms with van der Waals surface area (Å²) in [6, 6.07) is 12.5. The number of sulfonamides is 1. The Morgan fingerprint density at radius 3 is 2.31 bits per heavy atom. The molecule has 0 bridgehead atoms. The molecular weight excluding hydrogens is 403 g/mol. The van der Waals surface area contributed by atoms with Crippen LogP contribution in [0.3, 0.4) is 0 Å². The van der Waals surface area contributed by atoms with Gasteiger partial charge in [0.05, 0.1) is 10.5 Å². The first-order valence-electron chi connectivity index (χ1n) is 7.09. The van der Waals surface area contributed by atoms with Crippen molar-refractivity contribution in [1.82, 2.24) is 4.34 Å². The highest BCUT2D eigenvalue weighted by molar-refractivity contribution is 7.92. The number of pyridine rings is 1. The third-order valence-corrected chi connectivity index (χ3v) is 6.28. The second-order valence-corrected chi connectivity index (χ2v) is 8.79. The van der Waals surface area contributed by atoms with Gasteiger partial charge in [0.25, 0.3) is 15.6 Å². The first kappa shape index (κ1) is 18.6. The fourth-order valence-corrected chi connectivity index (χ4v) is 4.81. The molecule has 0 unspecified atom stereocenters. The van der Waals surface area contributed by atoms with Crippen molar-refractivity contribution in [3.63, 3.8) is 0 Å². The average Bonchev–Trinajstić information content (AvgIpc) is 2.53. The fraction of sp³-hybridized carbons (Fsp3) is 0. The van der Waals surface area contributed by atoms with E-state index in [-0.39, 0.29) is 25.2 Å². The van der Waals surface area contributed by atoms with Crippen LogP contribution in [0.25, 0.3) is 10.9 Å². The minimum atomic E-state index is -4.95. The molecule has 0 aliphatic rings. The monoisotopic (exact) mass is 414 g/mol. The summed E-state index contributed by atoms with van der Waals surface area (Å²) in [5.74, 6) is 0. The smallest absolute Gasteiger partial charge is 0.308 e. The molecule has 3 rings (SSSR count). The maximum atomic E-state index is 12.6. The Labute approximate surface area is 152 Å². The Morgan fingerprint density at radius 1 is 1.04 bits per heavy atom. The normalized spacial score (nSPS) is 12.3. The number of nitrogens with zero attached hydrogens (tertiary/aromatic N) is 1. The zero-order chi connectivity index (χ0) is 19.1. The lowest BCUT2D eigenvalue weighted by Crippen LogP contribution is -2.18. The zero-order valence-corrected chi connectivity index (χ0v) is 15.4. The molecule has 2 aromatic carbocycles. The van der Waals surface area contributed by atoms with Crippen molar-refractivity contribution in [1.29, 1.82) is 0 Å². The van der Waals surface area contributed by atoms with Gasteiger partial charge in [0, 0.05) is 17.1 Å². The third kappa shape index (κ3) is 3.53. The highest BCUT2D eigenvalue weighted by Gasteiger charge is 2.24. The summed E-state index contributed by atoms with van der Waals surface area (Å²) in [4.78, 5) is 30.3. The summed E-state index contributed by atoms with van der Waals surface area (Å²) < 4.78 is 39.4. The molecule has 11 heteroatoms. The van der Waals surface area contributed by atoms with Crippen LogP contribution in [0.4, 0.5) is 5.69 Å². The standard InChI is InChI=1S/C15H12ClN2O6PS/c16-12-9-13-10(6-7-15(19)18(13)25(20,21)22)8-14(12)26(23,24)17-11-4-2-1-3-5-11/h1-9,17H,(H2,20,21,22). The van der Waals surface area contributed by atoms with Crippen molar-refractivity contribution in [3.05, 3.63) is 70.0 Å². The van der Waals surface area contributed by atoms with Crippen molar-refractivity contribution < 1.29 is 22.8 Å². The maximum absolute atomic E-state index is 12.6. The quantitative estimate of drug-likeness (QED) is 0.563. The van der Waals surface area contributed by atoms with E-state index in [1.165, 1.54) is 6.07 Å². The van der Waals surface area contributed by atoms with Gasteiger partial charge in [-0.2, -0.15) is 0 Å². The maximum Gasteiger partial charge on any atom is 0.437 e. The summed E-state index contributed by atoms with van der Waals surface area (Å²) in [6.07, 6.45) is 0. The summed E-state index contributed by atoms with van der Waals surface area (Å²) in [5.41, 5.74) is -0.779. The van der Waals surface area contributed by atoms with Crippen LogP contribution in [0.2, 0.25) is 5.02 Å². The second kappa shape index (κ2) is 6.53. The molecule has 3 aromatic rings. The van der Waals surface area contributed by atoms with Crippen LogP contribution in [0, 0.1) is 0 Å². The minimum Gasteiger partial charge on any atom is -0.308 e. The molecule has 0 saturated heterocycles. The number of aromatic nitrogens is 1. The van der Waals surface area contributed by atoms with Gasteiger partial charge in [-0.05, 0) is 30.3 Å². The van der Waals surface area contributed by atoms with Gasteiger partial charge < -0.3 is 9.79 Å². The number of para-hydroxylation sites is 1. The SMILES string of the molecule is O=c1ccc2cc(S(=O)(=O)Nc3ccccc3)c(Cl)cc2n1P(=O)(O)O. The van der Waals surface area contributed by atoms with Crippen molar-refractivity contribution in [2.45, 2.75) is 4.90 Å². The van der Waals surface area contributed by atoms with Gasteiger partial charge >= 0.3 is 7.75 Å². The van der Waals surface area contributed by atoms with Crippen molar-refractivity contribution in [2.24, 2.45) is 0 Å². The molecule has 136 valence electrons. The van der Waals surface area contributed by atoms with Crippen LogP contribution in [-0.4, -0.2) is 22.5 Å². The highest BCUT2D eigenvalue weighted by atomic mass is 35.5. The van der Waals surface area contributed by atoms with E-state index in [9.17, 15) is 27.6 Å². The molecule has 3 N–H and O–H groups in total. The number of nitrogens with one attached hydrogen (secondary N) is 1. The fourth-order valence-electron chi connectivity index (χ4n) is 2.42. The molecule has 0 amide bonds. The zero-order valence-electron chi connectivity index (χ0n) is 12.9.